The largest absolute Gasteiger partial charge is 0.351 e. The van der Waals surface area contributed by atoms with Gasteiger partial charge < -0.3 is 26.6 Å². The van der Waals surface area contributed by atoms with Crippen LogP contribution < -0.4 is 21.7 Å². The third kappa shape index (κ3) is 6.23. The second-order valence-electron chi connectivity index (χ2n) is 7.44. The van der Waals surface area contributed by atoms with Crippen LogP contribution >= 0.6 is 0 Å². The Bertz CT molecular complexity index is 692. The quantitative estimate of drug-likeness (QED) is 0.564. The molecule has 1 heterocycles. The molecule has 1 aromatic rings. The van der Waals surface area contributed by atoms with Crippen molar-refractivity contribution in [2.24, 2.45) is 17.6 Å². The molecule has 1 aliphatic heterocycles. The third-order valence-electron chi connectivity index (χ3n) is 4.60. The normalized spacial score (nSPS) is 16.6. The van der Waals surface area contributed by atoms with Gasteiger partial charge in [0.25, 0.3) is 5.91 Å². The number of hydrogen-bond acceptors (Lipinski definition) is 4. The molecule has 0 saturated carbocycles. The number of rotatable bonds is 7. The summed E-state index contributed by atoms with van der Waals surface area (Å²) < 4.78 is 0. The molecule has 0 radical (unpaired) electrons. The predicted molar refractivity (Wildman–Crippen MR) is 109 cm³/mol. The Balaban J connectivity index is 1.99. The third-order valence-corrected chi connectivity index (χ3v) is 4.60. The molecule has 8 nitrogen and oxygen atoms in total. The van der Waals surface area contributed by atoms with Gasteiger partial charge in [-0.25, -0.2) is 4.79 Å². The molecule has 0 spiro atoms. The topological polar surface area (TPSA) is 117 Å². The predicted octanol–water partition coefficient (Wildman–Crippen LogP) is 1.39. The fourth-order valence-electron chi connectivity index (χ4n) is 3.08. The molecule has 1 aliphatic rings. The van der Waals surface area contributed by atoms with E-state index in [1.165, 1.54) is 0 Å². The van der Waals surface area contributed by atoms with Gasteiger partial charge in [0.1, 0.15) is 0 Å². The van der Waals surface area contributed by atoms with Crippen LogP contribution in [0.4, 0.5) is 10.5 Å². The number of likely N-dealkylation sites (tertiary alicyclic amines) is 1. The van der Waals surface area contributed by atoms with E-state index in [0.29, 0.717) is 56.3 Å². The first-order valence-electron chi connectivity index (χ1n) is 9.83. The molecule has 1 atom stereocenters. The van der Waals surface area contributed by atoms with Gasteiger partial charge in [0.15, 0.2) is 0 Å². The van der Waals surface area contributed by atoms with E-state index in [2.05, 4.69) is 16.0 Å². The summed E-state index contributed by atoms with van der Waals surface area (Å²) in [5.41, 5.74) is 6.28. The van der Waals surface area contributed by atoms with Crippen LogP contribution in [0.1, 0.15) is 37.0 Å². The van der Waals surface area contributed by atoms with Crippen molar-refractivity contribution in [2.75, 3.05) is 38.0 Å². The Morgan fingerprint density at radius 3 is 2.68 bits per heavy atom. The maximum Gasteiger partial charge on any atom is 0.317 e. The maximum absolute atomic E-state index is 12.8. The van der Waals surface area contributed by atoms with Gasteiger partial charge in [-0.3, -0.25) is 9.59 Å². The fraction of sp³-hybridized carbons (Fsp3) is 0.550. The number of hydrogen-bond donors (Lipinski definition) is 4. The van der Waals surface area contributed by atoms with Crippen LogP contribution in [-0.2, 0) is 4.79 Å². The van der Waals surface area contributed by atoms with E-state index in [1.54, 1.807) is 29.2 Å². The van der Waals surface area contributed by atoms with Crippen LogP contribution in [0.2, 0.25) is 0 Å². The van der Waals surface area contributed by atoms with Crippen LogP contribution in [0.25, 0.3) is 0 Å². The molecule has 1 fully saturated rings. The summed E-state index contributed by atoms with van der Waals surface area (Å²) in [7, 11) is 0. The molecule has 8 heteroatoms. The minimum absolute atomic E-state index is 0.132. The summed E-state index contributed by atoms with van der Waals surface area (Å²) in [6.07, 6.45) is 1.48. The number of nitrogens with two attached hydrogens (primary N) is 1. The number of anilines is 1. The van der Waals surface area contributed by atoms with Crippen molar-refractivity contribution in [2.45, 2.75) is 26.7 Å². The molecule has 5 N–H and O–H groups in total. The zero-order valence-corrected chi connectivity index (χ0v) is 16.7. The molecule has 2 rings (SSSR count). The number of nitrogens with zero attached hydrogens (tertiary/aromatic N) is 1. The van der Waals surface area contributed by atoms with Gasteiger partial charge in [-0.05, 0) is 30.9 Å². The number of para-hydroxylation sites is 1. The second kappa shape index (κ2) is 10.7. The summed E-state index contributed by atoms with van der Waals surface area (Å²) in [5, 5.41) is 8.47. The number of nitrogens with one attached hydrogen (secondary N) is 3. The molecule has 4 amide bonds. The van der Waals surface area contributed by atoms with Crippen molar-refractivity contribution in [3.05, 3.63) is 29.8 Å². The number of piperidine rings is 1. The van der Waals surface area contributed by atoms with Gasteiger partial charge in [0.2, 0.25) is 5.91 Å². The van der Waals surface area contributed by atoms with E-state index < -0.39 is 0 Å². The summed E-state index contributed by atoms with van der Waals surface area (Å²) in [4.78, 5) is 39.0. The number of carbonyl (C=O) groups is 3. The molecule has 28 heavy (non-hydrogen) atoms. The van der Waals surface area contributed by atoms with Crippen molar-refractivity contribution >= 4 is 23.5 Å². The highest BCUT2D eigenvalue weighted by Crippen LogP contribution is 2.21. The van der Waals surface area contributed by atoms with Gasteiger partial charge >= 0.3 is 6.03 Å². The highest BCUT2D eigenvalue weighted by molar-refractivity contribution is 6.04. The molecule has 0 bridgehead atoms. The lowest BCUT2D eigenvalue weighted by Gasteiger charge is -2.32. The fourth-order valence-corrected chi connectivity index (χ4v) is 3.08. The number of urea groups is 1. The molecular formula is C20H31N5O3. The first-order valence-corrected chi connectivity index (χ1v) is 9.83. The van der Waals surface area contributed by atoms with Gasteiger partial charge in [0, 0.05) is 32.7 Å². The molecule has 154 valence electrons. The monoisotopic (exact) mass is 389 g/mol. The smallest absolute Gasteiger partial charge is 0.317 e. The highest BCUT2D eigenvalue weighted by atomic mass is 16.2. The summed E-state index contributed by atoms with van der Waals surface area (Å²) in [6, 6.07) is 6.74. The van der Waals surface area contributed by atoms with Gasteiger partial charge in [-0.2, -0.15) is 0 Å². The van der Waals surface area contributed by atoms with E-state index in [1.807, 2.05) is 13.8 Å². The Kier molecular flexibility index (Phi) is 8.25. The van der Waals surface area contributed by atoms with E-state index in [9.17, 15) is 14.4 Å². The summed E-state index contributed by atoms with van der Waals surface area (Å²) in [5.74, 6) is -0.395. The van der Waals surface area contributed by atoms with E-state index in [-0.39, 0.29) is 23.8 Å². The number of benzene rings is 1. The number of carbonyl (C=O) groups excluding carboxylic acids is 3. The molecule has 1 aromatic carbocycles. The summed E-state index contributed by atoms with van der Waals surface area (Å²) in [6.45, 7) is 6.41. The van der Waals surface area contributed by atoms with Crippen molar-refractivity contribution in [3.63, 3.8) is 0 Å². The molecular weight excluding hydrogens is 358 g/mol. The molecule has 0 aliphatic carbocycles. The zero-order chi connectivity index (χ0) is 20.5. The Morgan fingerprint density at radius 1 is 1.21 bits per heavy atom. The van der Waals surface area contributed by atoms with E-state index in [4.69, 9.17) is 5.73 Å². The first-order chi connectivity index (χ1) is 13.4. The highest BCUT2D eigenvalue weighted by Gasteiger charge is 2.29. The van der Waals surface area contributed by atoms with Gasteiger partial charge in [-0.15, -0.1) is 0 Å². The minimum Gasteiger partial charge on any atom is -0.351 e. The lowest BCUT2D eigenvalue weighted by Crippen LogP contribution is -2.48. The maximum atomic E-state index is 12.8. The first kappa shape index (κ1) is 21.7. The summed E-state index contributed by atoms with van der Waals surface area (Å²) >= 11 is 0. The average Bonchev–Trinajstić information content (AvgIpc) is 2.70. The van der Waals surface area contributed by atoms with Crippen LogP contribution in [0.5, 0.6) is 0 Å². The lowest BCUT2D eigenvalue weighted by molar-refractivity contribution is -0.121. The standard InChI is InChI=1S/C20H31N5O3/c1-14(2)12-23-20(28)25-11-5-6-15(13-25)18(26)24-17-8-4-3-7-16(17)19(27)22-10-9-21/h3-4,7-8,14-15H,5-6,9-13,21H2,1-2H3,(H,22,27)(H,23,28)(H,24,26). The Hall–Kier alpha value is -2.61. The van der Waals surface area contributed by atoms with E-state index >= 15 is 0 Å². The molecule has 1 saturated heterocycles. The average molecular weight is 390 g/mol. The van der Waals surface area contributed by atoms with Crippen LogP contribution in [0, 0.1) is 11.8 Å². The van der Waals surface area contributed by atoms with Crippen molar-refractivity contribution in [1.29, 1.82) is 0 Å². The van der Waals surface area contributed by atoms with Gasteiger partial charge in [-0.1, -0.05) is 26.0 Å². The SMILES string of the molecule is CC(C)CNC(=O)N1CCCC(C(=O)Nc2ccccc2C(=O)NCCN)C1. The number of amides is 4. The second-order valence-corrected chi connectivity index (χ2v) is 7.44. The van der Waals surface area contributed by atoms with Crippen LogP contribution in [0.15, 0.2) is 24.3 Å². The lowest BCUT2D eigenvalue weighted by atomic mass is 9.97. The van der Waals surface area contributed by atoms with Crippen LogP contribution in [-0.4, -0.2) is 55.5 Å². The van der Waals surface area contributed by atoms with Crippen LogP contribution in [0.3, 0.4) is 0 Å². The van der Waals surface area contributed by atoms with Gasteiger partial charge in [0.05, 0.1) is 17.2 Å². The molecule has 1 unspecified atom stereocenters. The Morgan fingerprint density at radius 2 is 1.96 bits per heavy atom. The van der Waals surface area contributed by atoms with E-state index in [0.717, 1.165) is 6.42 Å². The van der Waals surface area contributed by atoms with Crippen molar-refractivity contribution < 1.29 is 14.4 Å². The van der Waals surface area contributed by atoms with Crippen molar-refractivity contribution in [1.82, 2.24) is 15.5 Å². The van der Waals surface area contributed by atoms with Crippen molar-refractivity contribution in [3.8, 4) is 0 Å². The minimum atomic E-state index is -0.307. The molecule has 0 aromatic heterocycles. The Labute approximate surface area is 166 Å². The zero-order valence-electron chi connectivity index (χ0n) is 16.7.